The van der Waals surface area contributed by atoms with Crippen LogP contribution in [0.3, 0.4) is 0 Å². The van der Waals surface area contributed by atoms with Crippen molar-refractivity contribution in [2.24, 2.45) is 5.73 Å². The SMILES string of the molecule is CSCC[C@H](N)C(=O)Nc1ccc(CN2CCOCC2)cc1.Cl. The van der Waals surface area contributed by atoms with Crippen molar-refractivity contribution < 1.29 is 9.53 Å². The Balaban J connectivity index is 0.00000264. The third-order valence-corrected chi connectivity index (χ3v) is 4.35. The number of halogens is 1. The summed E-state index contributed by atoms with van der Waals surface area (Å²) in [7, 11) is 0. The zero-order chi connectivity index (χ0) is 15.8. The highest BCUT2D eigenvalue weighted by atomic mass is 35.5. The van der Waals surface area contributed by atoms with Gasteiger partial charge in [-0.05, 0) is 36.1 Å². The molecule has 0 saturated carbocycles. The molecule has 0 spiro atoms. The quantitative estimate of drug-likeness (QED) is 0.779. The van der Waals surface area contributed by atoms with Gasteiger partial charge in [-0.15, -0.1) is 12.4 Å². The molecule has 1 heterocycles. The van der Waals surface area contributed by atoms with Crippen LogP contribution < -0.4 is 11.1 Å². The number of nitrogens with one attached hydrogen (secondary N) is 1. The summed E-state index contributed by atoms with van der Waals surface area (Å²) in [5.74, 6) is 0.780. The molecular weight excluding hydrogens is 334 g/mol. The third-order valence-electron chi connectivity index (χ3n) is 3.70. The molecule has 1 fully saturated rings. The van der Waals surface area contributed by atoms with E-state index < -0.39 is 6.04 Å². The van der Waals surface area contributed by atoms with Crippen molar-refractivity contribution in [3.63, 3.8) is 0 Å². The molecule has 1 saturated heterocycles. The van der Waals surface area contributed by atoms with Gasteiger partial charge in [0, 0.05) is 25.3 Å². The largest absolute Gasteiger partial charge is 0.379 e. The summed E-state index contributed by atoms with van der Waals surface area (Å²) in [5.41, 5.74) is 7.90. The maximum absolute atomic E-state index is 12.0. The lowest BCUT2D eigenvalue weighted by Gasteiger charge is -2.26. The highest BCUT2D eigenvalue weighted by Gasteiger charge is 2.13. The van der Waals surface area contributed by atoms with Crippen LogP contribution in [0, 0.1) is 0 Å². The predicted molar refractivity (Wildman–Crippen MR) is 99.4 cm³/mol. The van der Waals surface area contributed by atoms with Crippen LogP contribution in [0.15, 0.2) is 24.3 Å². The predicted octanol–water partition coefficient (Wildman–Crippen LogP) is 1.96. The summed E-state index contributed by atoms with van der Waals surface area (Å²) in [6, 6.07) is 7.54. The van der Waals surface area contributed by atoms with Crippen LogP contribution in [0.2, 0.25) is 0 Å². The number of anilines is 1. The molecule has 0 bridgehead atoms. The van der Waals surface area contributed by atoms with Crippen LogP contribution in [0.4, 0.5) is 5.69 Å². The Labute approximate surface area is 148 Å². The van der Waals surface area contributed by atoms with Crippen molar-refractivity contribution >= 4 is 35.8 Å². The smallest absolute Gasteiger partial charge is 0.241 e. The van der Waals surface area contributed by atoms with E-state index in [1.807, 2.05) is 18.4 Å². The molecule has 130 valence electrons. The summed E-state index contributed by atoms with van der Waals surface area (Å²) in [4.78, 5) is 14.3. The molecule has 1 aliphatic rings. The fraction of sp³-hybridized carbons (Fsp3) is 0.562. The highest BCUT2D eigenvalue weighted by molar-refractivity contribution is 7.98. The molecule has 1 aliphatic heterocycles. The van der Waals surface area contributed by atoms with Gasteiger partial charge in [0.2, 0.25) is 5.91 Å². The fourth-order valence-electron chi connectivity index (χ4n) is 2.32. The number of thioether (sulfide) groups is 1. The fourth-order valence-corrected chi connectivity index (χ4v) is 2.81. The summed E-state index contributed by atoms with van der Waals surface area (Å²) in [5, 5.41) is 2.87. The monoisotopic (exact) mass is 359 g/mol. The van der Waals surface area contributed by atoms with Crippen LogP contribution in [-0.2, 0) is 16.1 Å². The number of hydrogen-bond acceptors (Lipinski definition) is 5. The van der Waals surface area contributed by atoms with E-state index in [4.69, 9.17) is 10.5 Å². The molecule has 1 aromatic rings. The van der Waals surface area contributed by atoms with Gasteiger partial charge in [-0.1, -0.05) is 12.1 Å². The summed E-state index contributed by atoms with van der Waals surface area (Å²) in [6.45, 7) is 4.49. The summed E-state index contributed by atoms with van der Waals surface area (Å²) < 4.78 is 5.35. The first kappa shape index (κ1) is 20.3. The van der Waals surface area contributed by atoms with E-state index >= 15 is 0 Å². The van der Waals surface area contributed by atoms with Gasteiger partial charge in [0.1, 0.15) is 0 Å². The molecule has 0 radical (unpaired) electrons. The number of ether oxygens (including phenoxy) is 1. The summed E-state index contributed by atoms with van der Waals surface area (Å²) in [6.07, 6.45) is 2.71. The molecule has 7 heteroatoms. The number of nitrogens with two attached hydrogens (primary N) is 1. The van der Waals surface area contributed by atoms with Crippen LogP contribution in [0.1, 0.15) is 12.0 Å². The lowest BCUT2D eigenvalue weighted by atomic mass is 10.1. The average Bonchev–Trinajstić information content (AvgIpc) is 2.55. The van der Waals surface area contributed by atoms with Crippen molar-refractivity contribution in [2.45, 2.75) is 19.0 Å². The zero-order valence-electron chi connectivity index (χ0n) is 13.5. The van der Waals surface area contributed by atoms with E-state index in [1.54, 1.807) is 11.8 Å². The number of morpholine rings is 1. The maximum Gasteiger partial charge on any atom is 0.241 e. The molecule has 1 atom stereocenters. The number of carbonyl (C=O) groups excluding carboxylic acids is 1. The zero-order valence-corrected chi connectivity index (χ0v) is 15.1. The number of amides is 1. The number of carbonyl (C=O) groups is 1. The van der Waals surface area contributed by atoms with E-state index in [1.165, 1.54) is 5.56 Å². The van der Waals surface area contributed by atoms with Crippen LogP contribution >= 0.6 is 24.2 Å². The minimum Gasteiger partial charge on any atom is -0.379 e. The molecule has 1 aromatic carbocycles. The molecule has 2 rings (SSSR count). The van der Waals surface area contributed by atoms with Gasteiger partial charge in [-0.2, -0.15) is 11.8 Å². The van der Waals surface area contributed by atoms with Crippen LogP contribution in [0.25, 0.3) is 0 Å². The second-order valence-electron chi connectivity index (χ2n) is 5.46. The molecule has 0 aliphatic carbocycles. The second-order valence-corrected chi connectivity index (χ2v) is 6.45. The van der Waals surface area contributed by atoms with Gasteiger partial charge in [-0.25, -0.2) is 0 Å². The Bertz CT molecular complexity index is 467. The second kappa shape index (κ2) is 10.9. The standard InChI is InChI=1S/C16H25N3O2S.ClH/c1-22-11-6-15(17)16(20)18-14-4-2-13(3-5-14)12-19-7-9-21-10-8-19;/h2-5,15H,6-12,17H2,1H3,(H,18,20);1H/t15-;/m0./s1. The van der Waals surface area contributed by atoms with Gasteiger partial charge < -0.3 is 15.8 Å². The Morgan fingerprint density at radius 3 is 2.61 bits per heavy atom. The van der Waals surface area contributed by atoms with E-state index in [0.717, 1.165) is 44.3 Å². The average molecular weight is 360 g/mol. The molecule has 23 heavy (non-hydrogen) atoms. The Morgan fingerprint density at radius 2 is 2.00 bits per heavy atom. The van der Waals surface area contributed by atoms with Crippen LogP contribution in [0.5, 0.6) is 0 Å². The van der Waals surface area contributed by atoms with Crippen molar-refractivity contribution in [1.29, 1.82) is 0 Å². The third kappa shape index (κ3) is 7.10. The lowest BCUT2D eigenvalue weighted by molar-refractivity contribution is -0.117. The number of benzene rings is 1. The van der Waals surface area contributed by atoms with Crippen molar-refractivity contribution in [3.8, 4) is 0 Å². The molecule has 5 nitrogen and oxygen atoms in total. The summed E-state index contributed by atoms with van der Waals surface area (Å²) >= 11 is 1.70. The topological polar surface area (TPSA) is 67.6 Å². The normalized spacial score (nSPS) is 16.4. The van der Waals surface area contributed by atoms with Gasteiger partial charge in [0.15, 0.2) is 0 Å². The Morgan fingerprint density at radius 1 is 1.35 bits per heavy atom. The molecule has 1 amide bonds. The number of rotatable bonds is 7. The molecular formula is C16H26ClN3O2S. The van der Waals surface area contributed by atoms with Crippen LogP contribution in [-0.4, -0.2) is 55.2 Å². The molecule has 3 N–H and O–H groups in total. The van der Waals surface area contributed by atoms with E-state index in [2.05, 4.69) is 22.3 Å². The lowest BCUT2D eigenvalue weighted by Crippen LogP contribution is -2.36. The number of hydrogen-bond donors (Lipinski definition) is 2. The minimum atomic E-state index is -0.444. The Hall–Kier alpha value is -0.790. The van der Waals surface area contributed by atoms with Crippen molar-refractivity contribution in [1.82, 2.24) is 4.90 Å². The first-order chi connectivity index (χ1) is 10.7. The van der Waals surface area contributed by atoms with Gasteiger partial charge in [0.25, 0.3) is 0 Å². The molecule has 0 unspecified atom stereocenters. The first-order valence-electron chi connectivity index (χ1n) is 7.63. The maximum atomic E-state index is 12.0. The van der Waals surface area contributed by atoms with Crippen molar-refractivity contribution in [3.05, 3.63) is 29.8 Å². The van der Waals surface area contributed by atoms with E-state index in [-0.39, 0.29) is 18.3 Å². The number of nitrogens with zero attached hydrogens (tertiary/aromatic N) is 1. The van der Waals surface area contributed by atoms with E-state index in [0.29, 0.717) is 6.42 Å². The van der Waals surface area contributed by atoms with E-state index in [9.17, 15) is 4.79 Å². The molecule has 0 aromatic heterocycles. The highest BCUT2D eigenvalue weighted by Crippen LogP contribution is 2.13. The van der Waals surface area contributed by atoms with Gasteiger partial charge in [-0.3, -0.25) is 9.69 Å². The van der Waals surface area contributed by atoms with Gasteiger partial charge in [0.05, 0.1) is 19.3 Å². The van der Waals surface area contributed by atoms with Crippen molar-refractivity contribution in [2.75, 3.05) is 43.6 Å². The first-order valence-corrected chi connectivity index (χ1v) is 9.03. The van der Waals surface area contributed by atoms with Gasteiger partial charge >= 0.3 is 0 Å². The minimum absolute atomic E-state index is 0. The Kier molecular flexibility index (Phi) is 9.59.